The van der Waals surface area contributed by atoms with Crippen LogP contribution in [0.15, 0.2) is 23.5 Å². The van der Waals surface area contributed by atoms with Gasteiger partial charge in [-0.1, -0.05) is 24.4 Å². The minimum absolute atomic E-state index is 0.0215. The van der Waals surface area contributed by atoms with Gasteiger partial charge in [0.05, 0.1) is 0 Å². The molecule has 1 aliphatic carbocycles. The van der Waals surface area contributed by atoms with Gasteiger partial charge in [0.25, 0.3) is 5.91 Å². The first-order valence-electron chi connectivity index (χ1n) is 6.45. The van der Waals surface area contributed by atoms with E-state index >= 15 is 0 Å². The molecule has 0 bridgehead atoms. The third-order valence-corrected chi connectivity index (χ3v) is 3.34. The number of nitrogens with one attached hydrogen (secondary N) is 1. The van der Waals surface area contributed by atoms with Crippen molar-refractivity contribution in [1.82, 2.24) is 10.3 Å². The Morgan fingerprint density at radius 2 is 2.11 bits per heavy atom. The minimum atomic E-state index is -0.169. The van der Waals surface area contributed by atoms with Crippen LogP contribution in [-0.2, 0) is 0 Å². The molecule has 1 saturated carbocycles. The summed E-state index contributed by atoms with van der Waals surface area (Å²) in [4.78, 5) is 16.0. The van der Waals surface area contributed by atoms with Crippen molar-refractivity contribution < 1.29 is 10.0 Å². The highest BCUT2D eigenvalue weighted by atomic mass is 16.4. The predicted octanol–water partition coefficient (Wildman–Crippen LogP) is 1.24. The van der Waals surface area contributed by atoms with E-state index < -0.39 is 0 Å². The molecule has 1 heterocycles. The van der Waals surface area contributed by atoms with Crippen molar-refractivity contribution in [2.45, 2.75) is 38.1 Å². The predicted molar refractivity (Wildman–Crippen MR) is 71.1 cm³/mol. The number of amidine groups is 1. The zero-order valence-corrected chi connectivity index (χ0v) is 10.7. The fraction of sp³-hybridized carbons (Fsp3) is 0.462. The van der Waals surface area contributed by atoms with Gasteiger partial charge in [0.15, 0.2) is 5.84 Å². The Morgan fingerprint density at radius 1 is 1.37 bits per heavy atom. The van der Waals surface area contributed by atoms with Gasteiger partial charge in [-0.25, -0.2) is 0 Å². The van der Waals surface area contributed by atoms with Crippen LogP contribution >= 0.6 is 0 Å². The first kappa shape index (κ1) is 13.3. The second-order valence-corrected chi connectivity index (χ2v) is 4.73. The summed E-state index contributed by atoms with van der Waals surface area (Å²) in [6, 6.07) is 3.44. The van der Waals surface area contributed by atoms with E-state index in [0.29, 0.717) is 11.3 Å². The van der Waals surface area contributed by atoms with Crippen LogP contribution in [0.25, 0.3) is 0 Å². The maximum absolute atomic E-state index is 12.0. The van der Waals surface area contributed by atoms with Gasteiger partial charge in [-0.05, 0) is 25.0 Å². The van der Waals surface area contributed by atoms with E-state index in [1.165, 1.54) is 25.5 Å². The first-order valence-corrected chi connectivity index (χ1v) is 6.45. The molecule has 0 aromatic carbocycles. The molecule has 1 aromatic rings. The van der Waals surface area contributed by atoms with E-state index in [-0.39, 0.29) is 17.8 Å². The monoisotopic (exact) mass is 262 g/mol. The second-order valence-electron chi connectivity index (χ2n) is 4.73. The molecule has 1 fully saturated rings. The molecule has 19 heavy (non-hydrogen) atoms. The summed E-state index contributed by atoms with van der Waals surface area (Å²) in [6.45, 7) is 0. The van der Waals surface area contributed by atoms with Gasteiger partial charge in [0, 0.05) is 17.8 Å². The lowest BCUT2D eigenvalue weighted by Gasteiger charge is -2.22. The summed E-state index contributed by atoms with van der Waals surface area (Å²) in [6.07, 6.45) is 7.08. The Hall–Kier alpha value is -2.11. The average Bonchev–Trinajstić information content (AvgIpc) is 2.47. The quantitative estimate of drug-likeness (QED) is 0.330. The molecule has 0 aliphatic heterocycles. The Balaban J connectivity index is 1.99. The van der Waals surface area contributed by atoms with Crippen molar-refractivity contribution in [1.29, 1.82) is 0 Å². The van der Waals surface area contributed by atoms with Crippen molar-refractivity contribution in [3.63, 3.8) is 0 Å². The number of nitrogens with two attached hydrogens (primary N) is 1. The number of aromatic nitrogens is 1. The number of hydrogen-bond acceptors (Lipinski definition) is 4. The number of hydrogen-bond donors (Lipinski definition) is 3. The number of nitrogens with zero attached hydrogens (tertiary/aromatic N) is 2. The first-order chi connectivity index (χ1) is 9.20. The lowest BCUT2D eigenvalue weighted by Crippen LogP contribution is -2.36. The molecule has 4 N–H and O–H groups in total. The van der Waals surface area contributed by atoms with Crippen LogP contribution in [0.5, 0.6) is 0 Å². The topological polar surface area (TPSA) is 101 Å². The van der Waals surface area contributed by atoms with E-state index in [9.17, 15) is 4.79 Å². The van der Waals surface area contributed by atoms with E-state index in [0.717, 1.165) is 12.8 Å². The molecule has 102 valence electrons. The minimum Gasteiger partial charge on any atom is -0.409 e. The second kappa shape index (κ2) is 6.17. The summed E-state index contributed by atoms with van der Waals surface area (Å²) in [5.41, 5.74) is 6.26. The summed E-state index contributed by atoms with van der Waals surface area (Å²) in [5, 5.41) is 14.4. The Morgan fingerprint density at radius 3 is 2.68 bits per heavy atom. The summed E-state index contributed by atoms with van der Waals surface area (Å²) in [5.74, 6) is -0.190. The maximum Gasteiger partial charge on any atom is 0.270 e. The van der Waals surface area contributed by atoms with Crippen molar-refractivity contribution >= 4 is 11.7 Å². The number of pyridine rings is 1. The highest BCUT2D eigenvalue weighted by Gasteiger charge is 2.17. The van der Waals surface area contributed by atoms with Gasteiger partial charge in [-0.15, -0.1) is 0 Å². The van der Waals surface area contributed by atoms with Crippen molar-refractivity contribution in [2.75, 3.05) is 0 Å². The Kier molecular flexibility index (Phi) is 4.33. The lowest BCUT2D eigenvalue weighted by molar-refractivity contribution is 0.0922. The standard InChI is InChI=1S/C13H18N4O2/c14-12(17-19)9-6-7-11(15-8-9)13(18)16-10-4-2-1-3-5-10/h6-8,10,19H,1-5H2,(H2,14,17)(H,16,18). The molecule has 0 unspecified atom stereocenters. The summed E-state index contributed by atoms with van der Waals surface area (Å²) >= 11 is 0. The largest absolute Gasteiger partial charge is 0.409 e. The van der Waals surface area contributed by atoms with E-state index in [1.807, 2.05) is 0 Å². The van der Waals surface area contributed by atoms with Gasteiger partial charge in [-0.2, -0.15) is 0 Å². The fourth-order valence-corrected chi connectivity index (χ4v) is 2.24. The Labute approximate surface area is 111 Å². The molecular formula is C13H18N4O2. The number of oxime groups is 1. The molecule has 1 amide bonds. The Bertz CT molecular complexity index is 464. The van der Waals surface area contributed by atoms with Crippen molar-refractivity contribution in [2.24, 2.45) is 10.9 Å². The van der Waals surface area contributed by atoms with E-state index in [4.69, 9.17) is 10.9 Å². The van der Waals surface area contributed by atoms with Crippen LogP contribution in [0.2, 0.25) is 0 Å². The molecule has 0 spiro atoms. The number of carbonyl (C=O) groups excluding carboxylic acids is 1. The van der Waals surface area contributed by atoms with Crippen LogP contribution < -0.4 is 11.1 Å². The third kappa shape index (κ3) is 3.43. The van der Waals surface area contributed by atoms with Crippen LogP contribution in [0.3, 0.4) is 0 Å². The molecule has 6 nitrogen and oxygen atoms in total. The van der Waals surface area contributed by atoms with Crippen LogP contribution in [-0.4, -0.2) is 28.0 Å². The normalized spacial score (nSPS) is 17.2. The van der Waals surface area contributed by atoms with Gasteiger partial charge >= 0.3 is 0 Å². The van der Waals surface area contributed by atoms with Crippen molar-refractivity contribution in [3.05, 3.63) is 29.6 Å². The average molecular weight is 262 g/mol. The fourth-order valence-electron chi connectivity index (χ4n) is 2.24. The molecule has 1 aliphatic rings. The van der Waals surface area contributed by atoms with E-state index in [1.54, 1.807) is 12.1 Å². The van der Waals surface area contributed by atoms with Crippen LogP contribution in [0, 0.1) is 0 Å². The summed E-state index contributed by atoms with van der Waals surface area (Å²) < 4.78 is 0. The molecule has 1 aromatic heterocycles. The molecule has 6 heteroatoms. The number of amides is 1. The molecule has 0 atom stereocenters. The molecular weight excluding hydrogens is 244 g/mol. The van der Waals surface area contributed by atoms with Crippen LogP contribution in [0.4, 0.5) is 0 Å². The number of rotatable bonds is 3. The van der Waals surface area contributed by atoms with Gasteiger partial charge in [-0.3, -0.25) is 9.78 Å². The van der Waals surface area contributed by atoms with E-state index in [2.05, 4.69) is 15.5 Å². The smallest absolute Gasteiger partial charge is 0.270 e. The van der Waals surface area contributed by atoms with Crippen LogP contribution in [0.1, 0.15) is 48.2 Å². The lowest BCUT2D eigenvalue weighted by atomic mass is 9.95. The zero-order valence-electron chi connectivity index (χ0n) is 10.7. The maximum atomic E-state index is 12.0. The highest BCUT2D eigenvalue weighted by molar-refractivity contribution is 5.98. The van der Waals surface area contributed by atoms with Gasteiger partial charge < -0.3 is 16.3 Å². The summed E-state index contributed by atoms with van der Waals surface area (Å²) in [7, 11) is 0. The van der Waals surface area contributed by atoms with Crippen molar-refractivity contribution in [3.8, 4) is 0 Å². The molecule has 0 radical (unpaired) electrons. The molecule has 0 saturated heterocycles. The zero-order chi connectivity index (χ0) is 13.7. The highest BCUT2D eigenvalue weighted by Crippen LogP contribution is 2.17. The number of carbonyl (C=O) groups is 1. The third-order valence-electron chi connectivity index (χ3n) is 3.34. The van der Waals surface area contributed by atoms with Gasteiger partial charge in [0.2, 0.25) is 0 Å². The van der Waals surface area contributed by atoms with Gasteiger partial charge in [0.1, 0.15) is 5.69 Å². The molecule has 2 rings (SSSR count). The SMILES string of the molecule is N/C(=N/O)c1ccc(C(=O)NC2CCCCC2)nc1.